The van der Waals surface area contributed by atoms with Crippen LogP contribution in [0, 0.1) is 6.92 Å². The number of pyridine rings is 1. The van der Waals surface area contributed by atoms with E-state index in [2.05, 4.69) is 22.4 Å². The third kappa shape index (κ3) is 3.73. The number of furan rings is 1. The number of anilines is 1. The number of carbonyl (C=O) groups excluding carboxylic acids is 1. The lowest BCUT2D eigenvalue weighted by Gasteiger charge is -2.10. The largest absolute Gasteiger partial charge is 0.459 e. The standard InChI is InChI=1S/C22H18N2O2S/c1-15-9-10-19(18-8-5-12-23-20(15)18)24-22(25)21-16(11-13-26-21)14-27-17-6-3-2-4-7-17/h2-13H,14H2,1H3,(H,24,25). The zero-order valence-electron chi connectivity index (χ0n) is 14.8. The first-order valence-corrected chi connectivity index (χ1v) is 9.61. The van der Waals surface area contributed by atoms with Crippen LogP contribution in [-0.4, -0.2) is 10.9 Å². The summed E-state index contributed by atoms with van der Waals surface area (Å²) in [7, 11) is 0. The summed E-state index contributed by atoms with van der Waals surface area (Å²) in [5, 5.41) is 3.89. The van der Waals surface area contributed by atoms with Crippen LogP contribution in [0.3, 0.4) is 0 Å². The van der Waals surface area contributed by atoms with Crippen molar-refractivity contribution >= 4 is 34.3 Å². The minimum Gasteiger partial charge on any atom is -0.459 e. The van der Waals surface area contributed by atoms with Gasteiger partial charge in [-0.05, 0) is 48.9 Å². The third-order valence-electron chi connectivity index (χ3n) is 4.31. The molecule has 4 aromatic rings. The zero-order chi connectivity index (χ0) is 18.6. The molecule has 0 bridgehead atoms. The van der Waals surface area contributed by atoms with Gasteiger partial charge in [0.2, 0.25) is 0 Å². The summed E-state index contributed by atoms with van der Waals surface area (Å²) < 4.78 is 5.48. The first-order chi connectivity index (χ1) is 13.2. The van der Waals surface area contributed by atoms with Crippen LogP contribution in [0.1, 0.15) is 21.7 Å². The van der Waals surface area contributed by atoms with E-state index in [1.807, 2.05) is 55.5 Å². The second-order valence-corrected chi connectivity index (χ2v) is 7.21. The monoisotopic (exact) mass is 374 g/mol. The maximum Gasteiger partial charge on any atom is 0.291 e. The van der Waals surface area contributed by atoms with E-state index >= 15 is 0 Å². The lowest BCUT2D eigenvalue weighted by molar-refractivity contribution is 0.0996. The number of thioether (sulfide) groups is 1. The Balaban J connectivity index is 1.55. The van der Waals surface area contributed by atoms with E-state index < -0.39 is 0 Å². The Bertz CT molecular complexity index is 1090. The van der Waals surface area contributed by atoms with Crippen molar-refractivity contribution in [2.45, 2.75) is 17.6 Å². The Hall–Kier alpha value is -3.05. The molecule has 2 aromatic heterocycles. The number of benzene rings is 2. The van der Waals surface area contributed by atoms with Crippen LogP contribution in [0.5, 0.6) is 0 Å². The Labute approximate surface area is 161 Å². The van der Waals surface area contributed by atoms with Crippen LogP contribution in [-0.2, 0) is 5.75 Å². The third-order valence-corrected chi connectivity index (χ3v) is 5.37. The lowest BCUT2D eigenvalue weighted by Crippen LogP contribution is -2.13. The summed E-state index contributed by atoms with van der Waals surface area (Å²) in [6.07, 6.45) is 3.32. The molecule has 0 radical (unpaired) electrons. The van der Waals surface area contributed by atoms with Crippen LogP contribution >= 0.6 is 11.8 Å². The highest BCUT2D eigenvalue weighted by atomic mass is 32.2. The van der Waals surface area contributed by atoms with Gasteiger partial charge in [0, 0.05) is 27.8 Å². The average Bonchev–Trinajstić information content (AvgIpc) is 3.18. The number of hydrogen-bond acceptors (Lipinski definition) is 4. The first kappa shape index (κ1) is 17.4. The van der Waals surface area contributed by atoms with Gasteiger partial charge in [0.15, 0.2) is 5.76 Å². The molecule has 0 aliphatic heterocycles. The molecule has 1 N–H and O–H groups in total. The van der Waals surface area contributed by atoms with Gasteiger partial charge in [-0.2, -0.15) is 0 Å². The predicted octanol–water partition coefficient (Wildman–Crippen LogP) is 5.68. The summed E-state index contributed by atoms with van der Waals surface area (Å²) in [6, 6.07) is 19.6. The van der Waals surface area contributed by atoms with E-state index in [0.29, 0.717) is 11.5 Å². The summed E-state index contributed by atoms with van der Waals surface area (Å²) >= 11 is 1.67. The molecule has 134 valence electrons. The molecule has 0 unspecified atom stereocenters. The van der Waals surface area contributed by atoms with Crippen molar-refractivity contribution in [2.75, 3.05) is 5.32 Å². The van der Waals surface area contributed by atoms with Gasteiger partial charge in [-0.15, -0.1) is 11.8 Å². The van der Waals surface area contributed by atoms with Crippen LogP contribution in [0.2, 0.25) is 0 Å². The van der Waals surface area contributed by atoms with Gasteiger partial charge in [-0.3, -0.25) is 9.78 Å². The second kappa shape index (κ2) is 7.68. The van der Waals surface area contributed by atoms with Crippen molar-refractivity contribution in [1.82, 2.24) is 4.98 Å². The number of fused-ring (bicyclic) bond motifs is 1. The molecule has 0 spiro atoms. The second-order valence-electron chi connectivity index (χ2n) is 6.16. The highest BCUT2D eigenvalue weighted by Crippen LogP contribution is 2.27. The fraction of sp³-hybridized carbons (Fsp3) is 0.0909. The fourth-order valence-electron chi connectivity index (χ4n) is 2.93. The highest BCUT2D eigenvalue weighted by molar-refractivity contribution is 7.98. The van der Waals surface area contributed by atoms with Gasteiger partial charge >= 0.3 is 0 Å². The molecule has 0 atom stereocenters. The van der Waals surface area contributed by atoms with Gasteiger partial charge in [0.25, 0.3) is 5.91 Å². The highest BCUT2D eigenvalue weighted by Gasteiger charge is 2.17. The number of carbonyl (C=O) groups is 1. The van der Waals surface area contributed by atoms with E-state index in [1.165, 1.54) is 0 Å². The molecule has 0 fully saturated rings. The molecule has 0 aliphatic rings. The van der Waals surface area contributed by atoms with Crippen molar-refractivity contribution in [2.24, 2.45) is 0 Å². The quantitative estimate of drug-likeness (QED) is 0.457. The molecule has 4 rings (SSSR count). The van der Waals surface area contributed by atoms with Gasteiger partial charge in [-0.1, -0.05) is 24.3 Å². The van der Waals surface area contributed by atoms with E-state index in [4.69, 9.17) is 4.42 Å². The normalized spacial score (nSPS) is 10.9. The molecule has 0 saturated carbocycles. The summed E-state index contributed by atoms with van der Waals surface area (Å²) in [6.45, 7) is 2.01. The Morgan fingerprint density at radius 1 is 1.07 bits per heavy atom. The molecular weight excluding hydrogens is 356 g/mol. The number of amides is 1. The van der Waals surface area contributed by atoms with Gasteiger partial charge < -0.3 is 9.73 Å². The Morgan fingerprint density at radius 2 is 1.93 bits per heavy atom. The minimum atomic E-state index is -0.252. The molecule has 0 saturated heterocycles. The summed E-state index contributed by atoms with van der Waals surface area (Å²) in [4.78, 5) is 18.4. The minimum absolute atomic E-state index is 0.252. The Kier molecular flexibility index (Phi) is 4.94. The maximum atomic E-state index is 12.8. The van der Waals surface area contributed by atoms with Crippen molar-refractivity contribution < 1.29 is 9.21 Å². The van der Waals surface area contributed by atoms with Gasteiger partial charge in [0.1, 0.15) is 0 Å². The molecule has 2 aromatic carbocycles. The van der Waals surface area contributed by atoms with Gasteiger partial charge in [0.05, 0.1) is 17.5 Å². The van der Waals surface area contributed by atoms with E-state index in [9.17, 15) is 4.79 Å². The number of nitrogens with one attached hydrogen (secondary N) is 1. The van der Waals surface area contributed by atoms with Gasteiger partial charge in [-0.25, -0.2) is 0 Å². The van der Waals surface area contributed by atoms with Crippen molar-refractivity contribution in [1.29, 1.82) is 0 Å². The summed E-state index contributed by atoms with van der Waals surface area (Å²) in [5.74, 6) is 0.758. The van der Waals surface area contributed by atoms with E-state index in [0.717, 1.165) is 32.6 Å². The van der Waals surface area contributed by atoms with Crippen LogP contribution in [0.15, 0.2) is 82.4 Å². The SMILES string of the molecule is Cc1ccc(NC(=O)c2occc2CSc2ccccc2)c2cccnc12. The number of hydrogen-bond donors (Lipinski definition) is 1. The molecule has 5 heteroatoms. The fourth-order valence-corrected chi connectivity index (χ4v) is 3.83. The molecule has 27 heavy (non-hydrogen) atoms. The zero-order valence-corrected chi connectivity index (χ0v) is 15.6. The van der Waals surface area contributed by atoms with Crippen LogP contribution in [0.4, 0.5) is 5.69 Å². The van der Waals surface area contributed by atoms with Crippen molar-refractivity contribution in [3.63, 3.8) is 0 Å². The summed E-state index contributed by atoms with van der Waals surface area (Å²) in [5.41, 5.74) is 3.55. The molecule has 0 aliphatic carbocycles. The van der Waals surface area contributed by atoms with Crippen LogP contribution in [0.25, 0.3) is 10.9 Å². The smallest absolute Gasteiger partial charge is 0.291 e. The molecule has 2 heterocycles. The topological polar surface area (TPSA) is 55.1 Å². The Morgan fingerprint density at radius 3 is 2.78 bits per heavy atom. The first-order valence-electron chi connectivity index (χ1n) is 8.62. The van der Waals surface area contributed by atoms with E-state index in [-0.39, 0.29) is 5.91 Å². The number of nitrogens with zero attached hydrogens (tertiary/aromatic N) is 1. The predicted molar refractivity (Wildman–Crippen MR) is 109 cm³/mol. The molecular formula is C22H18N2O2S. The molecule has 4 nitrogen and oxygen atoms in total. The number of aromatic nitrogens is 1. The number of aryl methyl sites for hydroxylation is 1. The van der Waals surface area contributed by atoms with E-state index in [1.54, 1.807) is 24.2 Å². The van der Waals surface area contributed by atoms with Crippen molar-refractivity contribution in [3.8, 4) is 0 Å². The molecule has 1 amide bonds. The average molecular weight is 374 g/mol. The lowest BCUT2D eigenvalue weighted by atomic mass is 10.1. The number of rotatable bonds is 5. The van der Waals surface area contributed by atoms with Crippen LogP contribution < -0.4 is 5.32 Å². The maximum absolute atomic E-state index is 12.8. The van der Waals surface area contributed by atoms with Crippen molar-refractivity contribution in [3.05, 3.63) is 90.0 Å².